The molecule has 1 aliphatic heterocycles. The van der Waals surface area contributed by atoms with Crippen molar-refractivity contribution in [1.82, 2.24) is 25.1 Å². The fraction of sp³-hybridized carbons (Fsp3) is 0.296. The monoisotopic (exact) mass is 499 g/mol. The summed E-state index contributed by atoms with van der Waals surface area (Å²) in [6, 6.07) is 12.3. The van der Waals surface area contributed by atoms with E-state index in [1.807, 2.05) is 12.1 Å². The van der Waals surface area contributed by atoms with Gasteiger partial charge in [-0.05, 0) is 74.1 Å². The van der Waals surface area contributed by atoms with Gasteiger partial charge in [-0.2, -0.15) is 25.2 Å². The van der Waals surface area contributed by atoms with Gasteiger partial charge >= 0.3 is 0 Å². The number of benzene rings is 2. The van der Waals surface area contributed by atoms with Gasteiger partial charge in [0.05, 0.1) is 18.1 Å². The molecule has 9 nitrogen and oxygen atoms in total. The zero-order chi connectivity index (χ0) is 25.8. The minimum Gasteiger partial charge on any atom is -0.341 e. The Balaban J connectivity index is 1.40. The molecule has 0 amide bonds. The molecule has 1 fully saturated rings. The van der Waals surface area contributed by atoms with Gasteiger partial charge in [0.25, 0.3) is 0 Å². The predicted molar refractivity (Wildman–Crippen MR) is 145 cm³/mol. The van der Waals surface area contributed by atoms with E-state index < -0.39 is 0 Å². The van der Waals surface area contributed by atoms with Crippen LogP contribution in [-0.4, -0.2) is 44.5 Å². The summed E-state index contributed by atoms with van der Waals surface area (Å²) in [4.78, 5) is 16.1. The van der Waals surface area contributed by atoms with E-state index in [1.54, 1.807) is 24.5 Å². The number of aryl methyl sites for hydroxylation is 1. The topological polar surface area (TPSA) is 107 Å². The molecule has 1 aliphatic rings. The highest BCUT2D eigenvalue weighted by molar-refractivity contribution is 5.88. The molecule has 10 heteroatoms. The first kappa shape index (κ1) is 24.4. The van der Waals surface area contributed by atoms with Gasteiger partial charge in [-0.25, -0.2) is 9.82 Å². The van der Waals surface area contributed by atoms with Gasteiger partial charge in [0, 0.05) is 29.9 Å². The van der Waals surface area contributed by atoms with Gasteiger partial charge in [0.15, 0.2) is 0 Å². The number of rotatable bonds is 7. The van der Waals surface area contributed by atoms with Crippen LogP contribution in [0.25, 0.3) is 11.3 Å². The molecule has 0 bridgehead atoms. The first-order valence-corrected chi connectivity index (χ1v) is 12.4. The van der Waals surface area contributed by atoms with E-state index in [1.165, 1.54) is 17.7 Å². The molecule has 3 heterocycles. The fourth-order valence-corrected chi connectivity index (χ4v) is 4.23. The lowest BCUT2D eigenvalue weighted by atomic mass is 10.00. The zero-order valence-corrected chi connectivity index (χ0v) is 21.2. The summed E-state index contributed by atoms with van der Waals surface area (Å²) in [5.74, 6) is 1.80. The standard InChI is InChI=1S/C27H30FN9/c1-17-11-13-37(14-12-17)27-33-25(31-23-6-4-5-18(2)19(23)3)32-26(34-27)36-30-16-21-15-29-35-24(21)20-7-9-22(28)10-8-20/h4-10,15-17H,11-14H2,1-3H3,(H,29,35)(H2,31,32,33,34,36)/b30-16+. The summed E-state index contributed by atoms with van der Waals surface area (Å²) in [5.41, 5.74) is 8.50. The summed E-state index contributed by atoms with van der Waals surface area (Å²) in [6.07, 6.45) is 5.48. The van der Waals surface area contributed by atoms with E-state index in [-0.39, 0.29) is 5.82 Å². The molecule has 3 N–H and O–H groups in total. The highest BCUT2D eigenvalue weighted by atomic mass is 19.1. The van der Waals surface area contributed by atoms with Gasteiger partial charge in [0.2, 0.25) is 17.8 Å². The Morgan fingerprint density at radius 3 is 2.57 bits per heavy atom. The third-order valence-corrected chi connectivity index (χ3v) is 6.71. The van der Waals surface area contributed by atoms with Crippen LogP contribution in [0.5, 0.6) is 0 Å². The Labute approximate surface area is 215 Å². The first-order chi connectivity index (χ1) is 18.0. The number of nitrogens with zero attached hydrogens (tertiary/aromatic N) is 6. The summed E-state index contributed by atoms with van der Waals surface area (Å²) in [5, 5.41) is 14.8. The van der Waals surface area contributed by atoms with Crippen molar-refractivity contribution in [1.29, 1.82) is 0 Å². The number of anilines is 4. The normalized spacial score (nSPS) is 14.3. The molecule has 0 spiro atoms. The van der Waals surface area contributed by atoms with Crippen LogP contribution >= 0.6 is 0 Å². The van der Waals surface area contributed by atoms with Crippen molar-refractivity contribution in [3.63, 3.8) is 0 Å². The highest BCUT2D eigenvalue weighted by Crippen LogP contribution is 2.25. The summed E-state index contributed by atoms with van der Waals surface area (Å²) in [7, 11) is 0. The second-order valence-corrected chi connectivity index (χ2v) is 9.40. The van der Waals surface area contributed by atoms with E-state index in [0.717, 1.165) is 54.0 Å². The van der Waals surface area contributed by atoms with Crippen LogP contribution in [0.2, 0.25) is 0 Å². The van der Waals surface area contributed by atoms with Crippen LogP contribution in [0.4, 0.5) is 27.9 Å². The van der Waals surface area contributed by atoms with Crippen molar-refractivity contribution in [2.24, 2.45) is 11.0 Å². The lowest BCUT2D eigenvalue weighted by molar-refractivity contribution is 0.434. The van der Waals surface area contributed by atoms with Crippen molar-refractivity contribution in [2.75, 3.05) is 28.7 Å². The molecule has 2 aromatic carbocycles. The maximum absolute atomic E-state index is 13.3. The van der Waals surface area contributed by atoms with Gasteiger partial charge in [-0.15, -0.1) is 0 Å². The van der Waals surface area contributed by atoms with Crippen molar-refractivity contribution in [2.45, 2.75) is 33.6 Å². The molecule has 1 saturated heterocycles. The van der Waals surface area contributed by atoms with Crippen LogP contribution in [0.1, 0.15) is 36.5 Å². The largest absolute Gasteiger partial charge is 0.341 e. The maximum atomic E-state index is 13.3. The summed E-state index contributed by atoms with van der Waals surface area (Å²) < 4.78 is 13.3. The number of hydrogen-bond acceptors (Lipinski definition) is 8. The summed E-state index contributed by atoms with van der Waals surface area (Å²) >= 11 is 0. The number of H-pyrrole nitrogens is 1. The van der Waals surface area contributed by atoms with E-state index in [4.69, 9.17) is 4.98 Å². The molecule has 190 valence electrons. The first-order valence-electron chi connectivity index (χ1n) is 12.4. The highest BCUT2D eigenvalue weighted by Gasteiger charge is 2.20. The number of aromatic amines is 1. The predicted octanol–water partition coefficient (Wildman–Crippen LogP) is 5.44. The molecule has 5 rings (SSSR count). The van der Waals surface area contributed by atoms with E-state index in [0.29, 0.717) is 23.8 Å². The Morgan fingerprint density at radius 1 is 1.03 bits per heavy atom. The minimum absolute atomic E-state index is 0.292. The van der Waals surface area contributed by atoms with Gasteiger partial charge < -0.3 is 10.2 Å². The second-order valence-electron chi connectivity index (χ2n) is 9.40. The Kier molecular flexibility index (Phi) is 7.07. The van der Waals surface area contributed by atoms with Crippen molar-refractivity contribution in [3.8, 4) is 11.3 Å². The van der Waals surface area contributed by atoms with Crippen molar-refractivity contribution in [3.05, 3.63) is 71.2 Å². The average molecular weight is 500 g/mol. The van der Waals surface area contributed by atoms with E-state index in [9.17, 15) is 4.39 Å². The SMILES string of the molecule is Cc1cccc(Nc2nc(N/N=C/c3cn[nH]c3-c3ccc(F)cc3)nc(N3CCC(C)CC3)n2)c1C. The van der Waals surface area contributed by atoms with Crippen LogP contribution in [0.3, 0.4) is 0 Å². The van der Waals surface area contributed by atoms with Crippen LogP contribution in [0.15, 0.2) is 53.8 Å². The molecular weight excluding hydrogens is 469 g/mol. The number of halogens is 1. The van der Waals surface area contributed by atoms with Crippen LogP contribution in [-0.2, 0) is 0 Å². The fourth-order valence-electron chi connectivity index (χ4n) is 4.23. The summed E-state index contributed by atoms with van der Waals surface area (Å²) in [6.45, 7) is 8.21. The van der Waals surface area contributed by atoms with E-state index >= 15 is 0 Å². The number of piperidine rings is 1. The molecule has 0 aliphatic carbocycles. The van der Waals surface area contributed by atoms with Crippen LogP contribution in [0, 0.1) is 25.6 Å². The van der Waals surface area contributed by atoms with Crippen molar-refractivity contribution < 1.29 is 4.39 Å². The molecule has 37 heavy (non-hydrogen) atoms. The molecule has 0 radical (unpaired) electrons. The lowest BCUT2D eigenvalue weighted by Crippen LogP contribution is -2.34. The van der Waals surface area contributed by atoms with Gasteiger partial charge in [-0.3, -0.25) is 5.10 Å². The average Bonchev–Trinajstić information content (AvgIpc) is 3.36. The number of hydrogen-bond donors (Lipinski definition) is 3. The Hall–Kier alpha value is -4.34. The molecule has 2 aromatic heterocycles. The smallest absolute Gasteiger partial charge is 0.250 e. The third kappa shape index (κ3) is 5.74. The third-order valence-electron chi connectivity index (χ3n) is 6.71. The molecule has 0 unspecified atom stereocenters. The van der Waals surface area contributed by atoms with Crippen LogP contribution < -0.4 is 15.6 Å². The van der Waals surface area contributed by atoms with E-state index in [2.05, 4.69) is 67.7 Å². The molecule has 0 saturated carbocycles. The Morgan fingerprint density at radius 2 is 1.78 bits per heavy atom. The van der Waals surface area contributed by atoms with Gasteiger partial charge in [0.1, 0.15) is 5.82 Å². The molecule has 4 aromatic rings. The Bertz CT molecular complexity index is 1390. The molecule has 0 atom stereocenters. The van der Waals surface area contributed by atoms with Crippen molar-refractivity contribution >= 4 is 29.7 Å². The second kappa shape index (κ2) is 10.7. The lowest BCUT2D eigenvalue weighted by Gasteiger charge is -2.30. The number of hydrazone groups is 1. The maximum Gasteiger partial charge on any atom is 0.250 e. The zero-order valence-electron chi connectivity index (χ0n) is 21.2. The minimum atomic E-state index is -0.292. The quantitative estimate of drug-likeness (QED) is 0.229. The number of nitrogens with one attached hydrogen (secondary N) is 3. The number of aromatic nitrogens is 5. The van der Waals surface area contributed by atoms with Gasteiger partial charge in [-0.1, -0.05) is 19.1 Å². The molecular formula is C27H30FN9.